The molecular formula is C13H20N2O3. The summed E-state index contributed by atoms with van der Waals surface area (Å²) in [4.78, 5) is 0. The number of benzene rings is 1. The molecule has 1 aromatic rings. The molecule has 2 N–H and O–H groups in total. The number of nitrogens with one attached hydrogen (secondary N) is 2. The summed E-state index contributed by atoms with van der Waals surface area (Å²) in [6.45, 7) is 4.68. The fourth-order valence-electron chi connectivity index (χ4n) is 1.76. The van der Waals surface area contributed by atoms with Crippen molar-refractivity contribution in [3.63, 3.8) is 0 Å². The summed E-state index contributed by atoms with van der Waals surface area (Å²) < 4.78 is 15.6. The molecule has 0 aliphatic carbocycles. The fraction of sp³-hybridized carbons (Fsp3) is 0.538. The molecule has 100 valence electrons. The van der Waals surface area contributed by atoms with Crippen LogP contribution in [-0.2, 0) is 11.3 Å². The highest BCUT2D eigenvalue weighted by Crippen LogP contribution is 2.32. The zero-order valence-electron chi connectivity index (χ0n) is 10.7. The van der Waals surface area contributed by atoms with Gasteiger partial charge in [0.15, 0.2) is 11.5 Å². The van der Waals surface area contributed by atoms with Gasteiger partial charge in [0.05, 0.1) is 6.61 Å². The van der Waals surface area contributed by atoms with E-state index >= 15 is 0 Å². The Balaban J connectivity index is 1.62. The van der Waals surface area contributed by atoms with Gasteiger partial charge in [-0.25, -0.2) is 0 Å². The first-order valence-corrected chi connectivity index (χ1v) is 6.19. The number of hydrogen-bond acceptors (Lipinski definition) is 5. The lowest BCUT2D eigenvalue weighted by atomic mass is 10.2. The highest BCUT2D eigenvalue weighted by atomic mass is 16.7. The zero-order valence-corrected chi connectivity index (χ0v) is 10.7. The predicted molar refractivity (Wildman–Crippen MR) is 69.0 cm³/mol. The topological polar surface area (TPSA) is 51.8 Å². The summed E-state index contributed by atoms with van der Waals surface area (Å²) >= 11 is 0. The molecule has 0 unspecified atom stereocenters. The minimum absolute atomic E-state index is 0.329. The second-order valence-electron chi connectivity index (χ2n) is 4.11. The molecule has 1 aliphatic heterocycles. The van der Waals surface area contributed by atoms with E-state index in [0.717, 1.165) is 44.3 Å². The van der Waals surface area contributed by atoms with E-state index in [1.807, 2.05) is 12.1 Å². The van der Waals surface area contributed by atoms with Crippen LogP contribution in [0.2, 0.25) is 0 Å². The largest absolute Gasteiger partial charge is 0.454 e. The predicted octanol–water partition coefficient (Wildman–Crippen LogP) is 0.741. The number of ether oxygens (including phenoxy) is 3. The average molecular weight is 252 g/mol. The summed E-state index contributed by atoms with van der Waals surface area (Å²) in [5.41, 5.74) is 1.20. The Morgan fingerprint density at radius 1 is 1.11 bits per heavy atom. The van der Waals surface area contributed by atoms with Gasteiger partial charge in [0.2, 0.25) is 6.79 Å². The van der Waals surface area contributed by atoms with Gasteiger partial charge >= 0.3 is 0 Å². The minimum atomic E-state index is 0.329. The van der Waals surface area contributed by atoms with Crippen LogP contribution in [0, 0.1) is 0 Å². The van der Waals surface area contributed by atoms with Crippen LogP contribution < -0.4 is 20.1 Å². The SMILES string of the molecule is COCCNCCNCc1ccc2c(c1)OCO2. The molecule has 0 spiro atoms. The Labute approximate surface area is 107 Å². The second kappa shape index (κ2) is 7.20. The summed E-state index contributed by atoms with van der Waals surface area (Å²) in [6.07, 6.45) is 0. The van der Waals surface area contributed by atoms with E-state index in [1.165, 1.54) is 5.56 Å². The fourth-order valence-corrected chi connectivity index (χ4v) is 1.76. The van der Waals surface area contributed by atoms with Crippen molar-refractivity contribution in [2.24, 2.45) is 0 Å². The van der Waals surface area contributed by atoms with Crippen molar-refractivity contribution in [3.8, 4) is 11.5 Å². The summed E-state index contributed by atoms with van der Waals surface area (Å²) in [7, 11) is 1.71. The third-order valence-corrected chi connectivity index (χ3v) is 2.73. The van der Waals surface area contributed by atoms with Crippen molar-refractivity contribution in [3.05, 3.63) is 23.8 Å². The molecule has 0 amide bonds. The molecule has 0 aromatic heterocycles. The van der Waals surface area contributed by atoms with Crippen molar-refractivity contribution in [2.45, 2.75) is 6.54 Å². The molecule has 2 rings (SSSR count). The smallest absolute Gasteiger partial charge is 0.231 e. The van der Waals surface area contributed by atoms with Crippen LogP contribution >= 0.6 is 0 Å². The Bertz CT molecular complexity index is 371. The lowest BCUT2D eigenvalue weighted by molar-refractivity contribution is 0.174. The lowest BCUT2D eigenvalue weighted by Crippen LogP contribution is -2.29. The molecule has 0 bridgehead atoms. The average Bonchev–Trinajstić information content (AvgIpc) is 2.85. The van der Waals surface area contributed by atoms with Crippen LogP contribution in [0.25, 0.3) is 0 Å². The van der Waals surface area contributed by atoms with E-state index in [-0.39, 0.29) is 0 Å². The monoisotopic (exact) mass is 252 g/mol. The van der Waals surface area contributed by atoms with Crippen LogP contribution in [0.4, 0.5) is 0 Å². The number of rotatable bonds is 8. The Morgan fingerprint density at radius 3 is 2.83 bits per heavy atom. The van der Waals surface area contributed by atoms with Gasteiger partial charge in [-0.05, 0) is 17.7 Å². The van der Waals surface area contributed by atoms with E-state index in [4.69, 9.17) is 14.2 Å². The third-order valence-electron chi connectivity index (χ3n) is 2.73. The molecule has 1 heterocycles. The van der Waals surface area contributed by atoms with Gasteiger partial charge in [-0.3, -0.25) is 0 Å². The Kier molecular flexibility index (Phi) is 5.26. The van der Waals surface area contributed by atoms with Crippen LogP contribution in [-0.4, -0.2) is 40.1 Å². The zero-order chi connectivity index (χ0) is 12.6. The molecule has 0 atom stereocenters. The Hall–Kier alpha value is -1.30. The van der Waals surface area contributed by atoms with Crippen molar-refractivity contribution in [1.82, 2.24) is 10.6 Å². The molecule has 5 nitrogen and oxygen atoms in total. The van der Waals surface area contributed by atoms with E-state index in [2.05, 4.69) is 16.7 Å². The molecule has 0 saturated heterocycles. The van der Waals surface area contributed by atoms with Gasteiger partial charge in [-0.2, -0.15) is 0 Å². The number of fused-ring (bicyclic) bond motifs is 1. The maximum Gasteiger partial charge on any atom is 0.231 e. The molecular weight excluding hydrogens is 232 g/mol. The van der Waals surface area contributed by atoms with Gasteiger partial charge in [-0.15, -0.1) is 0 Å². The van der Waals surface area contributed by atoms with Gasteiger partial charge in [0.1, 0.15) is 0 Å². The van der Waals surface area contributed by atoms with Gasteiger partial charge in [0.25, 0.3) is 0 Å². The van der Waals surface area contributed by atoms with E-state index < -0.39 is 0 Å². The maximum absolute atomic E-state index is 5.33. The van der Waals surface area contributed by atoms with Crippen LogP contribution in [0.1, 0.15) is 5.56 Å². The Morgan fingerprint density at radius 2 is 1.94 bits per heavy atom. The maximum atomic E-state index is 5.33. The highest BCUT2D eigenvalue weighted by molar-refractivity contribution is 5.44. The first kappa shape index (κ1) is 13.1. The first-order chi connectivity index (χ1) is 8.90. The van der Waals surface area contributed by atoms with Crippen molar-refractivity contribution in [1.29, 1.82) is 0 Å². The van der Waals surface area contributed by atoms with Gasteiger partial charge in [0, 0.05) is 33.3 Å². The third kappa shape index (κ3) is 3.87. The lowest BCUT2D eigenvalue weighted by Gasteiger charge is -2.07. The number of methoxy groups -OCH3 is 1. The van der Waals surface area contributed by atoms with Crippen molar-refractivity contribution >= 4 is 0 Å². The van der Waals surface area contributed by atoms with E-state index in [0.29, 0.717) is 6.79 Å². The summed E-state index contributed by atoms with van der Waals surface area (Å²) in [5.74, 6) is 1.67. The molecule has 1 aliphatic rings. The van der Waals surface area contributed by atoms with Crippen LogP contribution in [0.15, 0.2) is 18.2 Å². The highest BCUT2D eigenvalue weighted by Gasteiger charge is 2.12. The second-order valence-corrected chi connectivity index (χ2v) is 4.11. The molecule has 0 fully saturated rings. The molecule has 18 heavy (non-hydrogen) atoms. The van der Waals surface area contributed by atoms with Gasteiger partial charge in [-0.1, -0.05) is 6.07 Å². The molecule has 0 saturated carbocycles. The van der Waals surface area contributed by atoms with E-state index in [9.17, 15) is 0 Å². The number of hydrogen-bond donors (Lipinski definition) is 2. The van der Waals surface area contributed by atoms with Crippen molar-refractivity contribution < 1.29 is 14.2 Å². The molecule has 1 aromatic carbocycles. The van der Waals surface area contributed by atoms with Crippen LogP contribution in [0.3, 0.4) is 0 Å². The van der Waals surface area contributed by atoms with E-state index in [1.54, 1.807) is 7.11 Å². The quantitative estimate of drug-likeness (QED) is 0.668. The minimum Gasteiger partial charge on any atom is -0.454 e. The standard InChI is InChI=1S/C13H20N2O3/c1-16-7-6-14-4-5-15-9-11-2-3-12-13(8-11)18-10-17-12/h2-3,8,14-15H,4-7,9-10H2,1H3. The molecule has 0 radical (unpaired) electrons. The van der Waals surface area contributed by atoms with Crippen molar-refractivity contribution in [2.75, 3.05) is 40.1 Å². The van der Waals surface area contributed by atoms with Crippen LogP contribution in [0.5, 0.6) is 11.5 Å². The first-order valence-electron chi connectivity index (χ1n) is 6.19. The summed E-state index contributed by atoms with van der Waals surface area (Å²) in [5, 5.41) is 6.65. The summed E-state index contributed by atoms with van der Waals surface area (Å²) in [6, 6.07) is 6.03. The normalized spacial score (nSPS) is 12.9. The van der Waals surface area contributed by atoms with Gasteiger partial charge < -0.3 is 24.8 Å². The molecule has 5 heteroatoms.